The lowest BCUT2D eigenvalue weighted by Crippen LogP contribution is -1.82. The van der Waals surface area contributed by atoms with Crippen LogP contribution in [0.25, 0.3) is 11.0 Å². The van der Waals surface area contributed by atoms with Crippen molar-refractivity contribution >= 4 is 28.5 Å². The first-order valence-corrected chi connectivity index (χ1v) is 6.92. The molecule has 0 amide bonds. The van der Waals surface area contributed by atoms with Crippen molar-refractivity contribution in [3.05, 3.63) is 30.0 Å². The number of rotatable bonds is 4. The summed E-state index contributed by atoms with van der Waals surface area (Å²) in [4.78, 5) is 7.67. The van der Waals surface area contributed by atoms with E-state index in [1.165, 1.54) is 11.8 Å². The summed E-state index contributed by atoms with van der Waals surface area (Å²) in [5.41, 5.74) is 8.28. The molecule has 2 heterocycles. The van der Waals surface area contributed by atoms with E-state index in [0.29, 0.717) is 17.5 Å². The number of hydrogen-bond acceptors (Lipinski definition) is 6. The van der Waals surface area contributed by atoms with Crippen molar-refractivity contribution in [3.8, 4) is 0 Å². The summed E-state index contributed by atoms with van der Waals surface area (Å²) in [6.07, 6.45) is 0.752. The molecule has 0 bridgehead atoms. The van der Waals surface area contributed by atoms with E-state index in [9.17, 15) is 0 Å². The van der Waals surface area contributed by atoms with Crippen LogP contribution in [0.1, 0.15) is 18.7 Å². The number of benzene rings is 1. The fraction of sp³-hybridized carbons (Fsp3) is 0.250. The molecule has 0 aliphatic carbocycles. The quantitative estimate of drug-likeness (QED) is 0.561. The van der Waals surface area contributed by atoms with E-state index in [1.807, 2.05) is 25.1 Å². The van der Waals surface area contributed by atoms with Crippen molar-refractivity contribution in [2.75, 3.05) is 5.73 Å². The average Bonchev–Trinajstić information content (AvgIpc) is 3.01. The van der Waals surface area contributed by atoms with Crippen molar-refractivity contribution in [1.82, 2.24) is 20.2 Å². The molecule has 0 atom stereocenters. The number of hydrogen-bond donors (Lipinski definition) is 2. The zero-order chi connectivity index (χ0) is 13.2. The Bertz CT molecular complexity index is 705. The molecular weight excluding hydrogens is 262 g/mol. The predicted molar refractivity (Wildman–Crippen MR) is 73.7 cm³/mol. The molecular formula is C12H13N5OS. The van der Waals surface area contributed by atoms with E-state index in [-0.39, 0.29) is 0 Å². The summed E-state index contributed by atoms with van der Waals surface area (Å²) >= 11 is 1.53. The normalized spacial score (nSPS) is 11.2. The molecule has 0 aliphatic rings. The van der Waals surface area contributed by atoms with Crippen LogP contribution in [-0.2, 0) is 12.2 Å². The number of nitrogen functional groups attached to an aromatic ring is 1. The molecule has 3 N–H and O–H groups in total. The first-order valence-electron chi connectivity index (χ1n) is 5.94. The summed E-state index contributed by atoms with van der Waals surface area (Å²) in [5, 5.41) is 8.71. The Kier molecular flexibility index (Phi) is 3.12. The molecule has 98 valence electrons. The SMILES string of the molecule is CCc1nnc(CSc2nc3ccc(N)cc3[nH]2)o1. The maximum Gasteiger partial charge on any atom is 0.226 e. The van der Waals surface area contributed by atoms with Gasteiger partial charge in [-0.2, -0.15) is 0 Å². The number of thioether (sulfide) groups is 1. The highest BCUT2D eigenvalue weighted by Crippen LogP contribution is 2.23. The molecule has 2 aromatic heterocycles. The van der Waals surface area contributed by atoms with Crippen LogP contribution in [0, 0.1) is 0 Å². The molecule has 3 rings (SSSR count). The number of aromatic nitrogens is 4. The van der Waals surface area contributed by atoms with Crippen molar-refractivity contribution in [2.45, 2.75) is 24.3 Å². The second-order valence-electron chi connectivity index (χ2n) is 4.05. The smallest absolute Gasteiger partial charge is 0.226 e. The summed E-state index contributed by atoms with van der Waals surface area (Å²) in [6, 6.07) is 5.60. The van der Waals surface area contributed by atoms with E-state index >= 15 is 0 Å². The third-order valence-corrected chi connectivity index (χ3v) is 3.49. The molecule has 0 radical (unpaired) electrons. The Labute approximate surface area is 113 Å². The van der Waals surface area contributed by atoms with Crippen LogP contribution in [0.5, 0.6) is 0 Å². The monoisotopic (exact) mass is 275 g/mol. The second kappa shape index (κ2) is 4.93. The number of anilines is 1. The van der Waals surface area contributed by atoms with Crippen LogP contribution in [0.4, 0.5) is 5.69 Å². The lowest BCUT2D eigenvalue weighted by atomic mass is 10.3. The van der Waals surface area contributed by atoms with Gasteiger partial charge in [-0.25, -0.2) is 4.98 Å². The van der Waals surface area contributed by atoms with E-state index in [4.69, 9.17) is 10.2 Å². The number of H-pyrrole nitrogens is 1. The maximum atomic E-state index is 5.73. The Morgan fingerprint density at radius 1 is 1.32 bits per heavy atom. The van der Waals surface area contributed by atoms with Gasteiger partial charge in [-0.05, 0) is 18.2 Å². The molecule has 7 heteroatoms. The van der Waals surface area contributed by atoms with Gasteiger partial charge in [0.1, 0.15) is 0 Å². The summed E-state index contributed by atoms with van der Waals surface area (Å²) in [7, 11) is 0. The molecule has 0 fully saturated rings. The number of aromatic amines is 1. The number of nitrogens with one attached hydrogen (secondary N) is 1. The summed E-state index contributed by atoms with van der Waals surface area (Å²) in [6.45, 7) is 1.98. The minimum Gasteiger partial charge on any atom is -0.424 e. The molecule has 1 aromatic carbocycles. The molecule has 0 aliphatic heterocycles. The van der Waals surface area contributed by atoms with Gasteiger partial charge in [-0.15, -0.1) is 10.2 Å². The molecule has 3 aromatic rings. The highest BCUT2D eigenvalue weighted by molar-refractivity contribution is 7.98. The van der Waals surface area contributed by atoms with Crippen molar-refractivity contribution < 1.29 is 4.42 Å². The lowest BCUT2D eigenvalue weighted by molar-refractivity contribution is 0.470. The number of nitrogens with two attached hydrogens (primary N) is 1. The highest BCUT2D eigenvalue weighted by Gasteiger charge is 2.08. The van der Waals surface area contributed by atoms with Crippen LogP contribution in [0.2, 0.25) is 0 Å². The number of aryl methyl sites for hydroxylation is 1. The van der Waals surface area contributed by atoms with Gasteiger partial charge in [0.25, 0.3) is 0 Å². The molecule has 0 spiro atoms. The largest absolute Gasteiger partial charge is 0.424 e. The van der Waals surface area contributed by atoms with Crippen LogP contribution >= 0.6 is 11.8 Å². The first kappa shape index (κ1) is 12.0. The Morgan fingerprint density at radius 2 is 2.16 bits per heavy atom. The Balaban J connectivity index is 1.74. The zero-order valence-electron chi connectivity index (χ0n) is 10.4. The fourth-order valence-corrected chi connectivity index (χ4v) is 2.41. The summed E-state index contributed by atoms with van der Waals surface area (Å²) in [5.74, 6) is 1.87. The minimum atomic E-state index is 0.600. The Hall–Kier alpha value is -2.02. The molecule has 19 heavy (non-hydrogen) atoms. The number of fused-ring (bicyclic) bond motifs is 1. The molecule has 0 unspecified atom stereocenters. The maximum absolute atomic E-state index is 5.73. The number of imidazole rings is 1. The van der Waals surface area contributed by atoms with E-state index in [2.05, 4.69) is 20.2 Å². The van der Waals surface area contributed by atoms with Crippen LogP contribution in [0.15, 0.2) is 27.8 Å². The van der Waals surface area contributed by atoms with Gasteiger partial charge < -0.3 is 15.1 Å². The standard InChI is InChI=1S/C12H13N5OS/c1-2-10-16-17-11(18-10)6-19-12-14-8-4-3-7(13)5-9(8)15-12/h3-5H,2,6,13H2,1H3,(H,14,15). The average molecular weight is 275 g/mol. The van der Waals surface area contributed by atoms with E-state index in [0.717, 1.165) is 28.3 Å². The van der Waals surface area contributed by atoms with Crippen molar-refractivity contribution in [1.29, 1.82) is 0 Å². The third-order valence-electron chi connectivity index (χ3n) is 2.63. The van der Waals surface area contributed by atoms with Crippen LogP contribution in [0.3, 0.4) is 0 Å². The van der Waals surface area contributed by atoms with Gasteiger partial charge in [0.2, 0.25) is 11.8 Å². The van der Waals surface area contributed by atoms with Gasteiger partial charge in [-0.3, -0.25) is 0 Å². The fourth-order valence-electron chi connectivity index (χ4n) is 1.69. The zero-order valence-corrected chi connectivity index (χ0v) is 11.2. The van der Waals surface area contributed by atoms with Gasteiger partial charge >= 0.3 is 0 Å². The topological polar surface area (TPSA) is 93.6 Å². The van der Waals surface area contributed by atoms with Crippen LogP contribution in [-0.4, -0.2) is 20.2 Å². The van der Waals surface area contributed by atoms with E-state index < -0.39 is 0 Å². The highest BCUT2D eigenvalue weighted by atomic mass is 32.2. The van der Waals surface area contributed by atoms with Crippen molar-refractivity contribution in [3.63, 3.8) is 0 Å². The first-order chi connectivity index (χ1) is 9.24. The van der Waals surface area contributed by atoms with Gasteiger partial charge in [0.15, 0.2) is 5.16 Å². The van der Waals surface area contributed by atoms with Gasteiger partial charge in [0.05, 0.1) is 16.8 Å². The Morgan fingerprint density at radius 3 is 2.95 bits per heavy atom. The number of nitrogens with zero attached hydrogens (tertiary/aromatic N) is 3. The third kappa shape index (κ3) is 2.55. The lowest BCUT2D eigenvalue weighted by Gasteiger charge is -1.91. The predicted octanol–water partition coefficient (Wildman–Crippen LogP) is 2.38. The second-order valence-corrected chi connectivity index (χ2v) is 5.01. The summed E-state index contributed by atoms with van der Waals surface area (Å²) < 4.78 is 5.44. The molecule has 0 saturated carbocycles. The van der Waals surface area contributed by atoms with Gasteiger partial charge in [-0.1, -0.05) is 18.7 Å². The minimum absolute atomic E-state index is 0.600. The van der Waals surface area contributed by atoms with E-state index in [1.54, 1.807) is 0 Å². The van der Waals surface area contributed by atoms with Crippen LogP contribution < -0.4 is 5.73 Å². The van der Waals surface area contributed by atoms with Gasteiger partial charge in [0, 0.05) is 12.1 Å². The van der Waals surface area contributed by atoms with Crippen molar-refractivity contribution in [2.24, 2.45) is 0 Å². The molecule has 0 saturated heterocycles. The molecule has 6 nitrogen and oxygen atoms in total.